The van der Waals surface area contributed by atoms with Crippen molar-refractivity contribution in [2.75, 3.05) is 33.9 Å². The topological polar surface area (TPSA) is 47.6 Å². The largest absolute Gasteiger partial charge is 0.385 e. The number of aldehydes is 1. The third-order valence-corrected chi connectivity index (χ3v) is 4.59. The van der Waals surface area contributed by atoms with Crippen molar-refractivity contribution in [3.05, 3.63) is 24.3 Å². The molecule has 0 aromatic carbocycles. The second-order valence-corrected chi connectivity index (χ2v) is 6.28. The molecular formula is C19H33NO3. The van der Waals surface area contributed by atoms with E-state index in [1.54, 1.807) is 7.11 Å². The highest BCUT2D eigenvalue weighted by Gasteiger charge is 2.24. The van der Waals surface area contributed by atoms with Crippen LogP contribution >= 0.6 is 0 Å². The first kappa shape index (κ1) is 20.1. The molecule has 132 valence electrons. The SMILES string of the molecule is C=C/C=C(/C(CC=O)CNC)C(CCOC)COC1CCCC1. The summed E-state index contributed by atoms with van der Waals surface area (Å²) in [5, 5.41) is 3.19. The number of hydrogen-bond acceptors (Lipinski definition) is 4. The van der Waals surface area contributed by atoms with Crippen molar-refractivity contribution in [3.8, 4) is 0 Å². The molecule has 1 aliphatic rings. The van der Waals surface area contributed by atoms with E-state index in [1.165, 1.54) is 31.3 Å². The number of carbonyl (C=O) groups is 1. The lowest BCUT2D eigenvalue weighted by molar-refractivity contribution is -0.108. The van der Waals surface area contributed by atoms with Crippen LogP contribution in [-0.2, 0) is 14.3 Å². The molecule has 0 amide bonds. The number of rotatable bonds is 13. The zero-order valence-electron chi connectivity index (χ0n) is 14.8. The van der Waals surface area contributed by atoms with E-state index < -0.39 is 0 Å². The van der Waals surface area contributed by atoms with Crippen molar-refractivity contribution in [3.63, 3.8) is 0 Å². The zero-order valence-corrected chi connectivity index (χ0v) is 14.8. The second kappa shape index (κ2) is 12.5. The number of carbonyl (C=O) groups excluding carboxylic acids is 1. The quantitative estimate of drug-likeness (QED) is 0.418. The molecule has 2 atom stereocenters. The normalized spacial score (nSPS) is 18.8. The molecule has 0 heterocycles. The Balaban J connectivity index is 2.79. The minimum atomic E-state index is 0.185. The van der Waals surface area contributed by atoms with Crippen LogP contribution in [0.1, 0.15) is 38.5 Å². The fraction of sp³-hybridized carbons (Fsp3) is 0.737. The van der Waals surface area contributed by atoms with Gasteiger partial charge in [0.1, 0.15) is 6.29 Å². The predicted molar refractivity (Wildman–Crippen MR) is 94.6 cm³/mol. The first-order valence-corrected chi connectivity index (χ1v) is 8.78. The summed E-state index contributed by atoms with van der Waals surface area (Å²) in [6, 6.07) is 0. The Hall–Kier alpha value is -0.970. The third kappa shape index (κ3) is 7.42. The molecule has 0 aromatic rings. The Labute approximate surface area is 141 Å². The van der Waals surface area contributed by atoms with Gasteiger partial charge in [0.25, 0.3) is 0 Å². The van der Waals surface area contributed by atoms with E-state index in [9.17, 15) is 4.79 Å². The molecule has 1 aliphatic carbocycles. The van der Waals surface area contributed by atoms with Gasteiger partial charge in [-0.1, -0.05) is 37.1 Å². The van der Waals surface area contributed by atoms with Crippen molar-refractivity contribution >= 4 is 6.29 Å². The number of allylic oxidation sites excluding steroid dienone is 2. The first-order chi connectivity index (χ1) is 11.3. The lowest BCUT2D eigenvalue weighted by Gasteiger charge is -2.27. The van der Waals surface area contributed by atoms with Crippen molar-refractivity contribution in [2.24, 2.45) is 11.8 Å². The molecule has 1 N–H and O–H groups in total. The minimum absolute atomic E-state index is 0.185. The maximum Gasteiger partial charge on any atom is 0.120 e. The Morgan fingerprint density at radius 3 is 2.65 bits per heavy atom. The maximum absolute atomic E-state index is 11.1. The lowest BCUT2D eigenvalue weighted by Crippen LogP contribution is -2.28. The van der Waals surface area contributed by atoms with Gasteiger partial charge in [0, 0.05) is 32.6 Å². The van der Waals surface area contributed by atoms with Crippen LogP contribution in [0.15, 0.2) is 24.3 Å². The number of methoxy groups -OCH3 is 1. The van der Waals surface area contributed by atoms with Gasteiger partial charge in [-0.25, -0.2) is 0 Å². The van der Waals surface area contributed by atoms with Gasteiger partial charge >= 0.3 is 0 Å². The molecule has 0 radical (unpaired) electrons. The molecule has 0 bridgehead atoms. The van der Waals surface area contributed by atoms with E-state index in [2.05, 4.69) is 18.0 Å². The molecule has 1 fully saturated rings. The van der Waals surface area contributed by atoms with Gasteiger partial charge in [-0.2, -0.15) is 0 Å². The molecule has 0 aromatic heterocycles. The maximum atomic E-state index is 11.1. The van der Waals surface area contributed by atoms with Crippen LogP contribution in [0.25, 0.3) is 0 Å². The van der Waals surface area contributed by atoms with Crippen LogP contribution in [0.3, 0.4) is 0 Å². The van der Waals surface area contributed by atoms with Gasteiger partial charge in [0.05, 0.1) is 12.7 Å². The fourth-order valence-corrected chi connectivity index (χ4v) is 3.35. The van der Waals surface area contributed by atoms with Crippen molar-refractivity contribution in [1.82, 2.24) is 5.32 Å². The van der Waals surface area contributed by atoms with Gasteiger partial charge < -0.3 is 19.6 Å². The number of nitrogens with one attached hydrogen (secondary N) is 1. The highest BCUT2D eigenvalue weighted by Crippen LogP contribution is 2.28. The van der Waals surface area contributed by atoms with Crippen LogP contribution in [0.5, 0.6) is 0 Å². The summed E-state index contributed by atoms with van der Waals surface area (Å²) < 4.78 is 11.4. The van der Waals surface area contributed by atoms with Crippen molar-refractivity contribution in [2.45, 2.75) is 44.6 Å². The van der Waals surface area contributed by atoms with Gasteiger partial charge in [-0.3, -0.25) is 0 Å². The lowest BCUT2D eigenvalue weighted by atomic mass is 9.84. The molecule has 4 heteroatoms. The van der Waals surface area contributed by atoms with E-state index in [0.29, 0.717) is 25.7 Å². The van der Waals surface area contributed by atoms with Gasteiger partial charge in [-0.15, -0.1) is 0 Å². The summed E-state index contributed by atoms with van der Waals surface area (Å²) in [6.45, 7) is 6.03. The van der Waals surface area contributed by atoms with Crippen molar-refractivity contribution in [1.29, 1.82) is 0 Å². The third-order valence-electron chi connectivity index (χ3n) is 4.59. The molecule has 0 spiro atoms. The molecular weight excluding hydrogens is 290 g/mol. The van der Waals surface area contributed by atoms with Crippen LogP contribution in [-0.4, -0.2) is 46.3 Å². The Morgan fingerprint density at radius 1 is 1.35 bits per heavy atom. The summed E-state index contributed by atoms with van der Waals surface area (Å²) in [5.41, 5.74) is 1.25. The summed E-state index contributed by atoms with van der Waals surface area (Å²) in [5.74, 6) is 0.455. The molecule has 2 unspecified atom stereocenters. The average molecular weight is 323 g/mol. The molecule has 23 heavy (non-hydrogen) atoms. The number of ether oxygens (including phenoxy) is 2. The van der Waals surface area contributed by atoms with Gasteiger partial charge in [-0.05, 0) is 32.2 Å². The molecule has 4 nitrogen and oxygen atoms in total. The van der Waals surface area contributed by atoms with E-state index in [0.717, 1.165) is 19.3 Å². The van der Waals surface area contributed by atoms with Crippen LogP contribution in [0, 0.1) is 11.8 Å². The molecule has 1 saturated carbocycles. The van der Waals surface area contributed by atoms with Crippen LogP contribution < -0.4 is 5.32 Å². The number of hydrogen-bond donors (Lipinski definition) is 1. The summed E-state index contributed by atoms with van der Waals surface area (Å²) >= 11 is 0. The second-order valence-electron chi connectivity index (χ2n) is 6.28. The van der Waals surface area contributed by atoms with Crippen molar-refractivity contribution < 1.29 is 14.3 Å². The molecule has 0 aliphatic heterocycles. The summed E-state index contributed by atoms with van der Waals surface area (Å²) in [6.07, 6.45) is 11.6. The highest BCUT2D eigenvalue weighted by atomic mass is 16.5. The van der Waals surface area contributed by atoms with E-state index >= 15 is 0 Å². The summed E-state index contributed by atoms with van der Waals surface area (Å²) in [4.78, 5) is 11.1. The van der Waals surface area contributed by atoms with E-state index in [1.807, 2.05) is 13.1 Å². The fourth-order valence-electron chi connectivity index (χ4n) is 3.35. The minimum Gasteiger partial charge on any atom is -0.385 e. The standard InChI is InChI=1S/C19H33NO3/c1-4-7-19(16(10-12-21)14-20-2)17(11-13-22-3)15-23-18-8-5-6-9-18/h4,7,12,16-18,20H,1,5-6,8-11,13-15H2,2-3H3/b19-7-. The molecule has 1 rings (SSSR count). The Bertz CT molecular complexity index is 362. The van der Waals surface area contributed by atoms with Crippen LogP contribution in [0.2, 0.25) is 0 Å². The predicted octanol–water partition coefficient (Wildman–Crippen LogP) is 3.14. The highest BCUT2D eigenvalue weighted by molar-refractivity contribution is 5.51. The average Bonchev–Trinajstić information content (AvgIpc) is 3.07. The summed E-state index contributed by atoms with van der Waals surface area (Å²) in [7, 11) is 3.64. The van der Waals surface area contributed by atoms with Gasteiger partial charge in [0.15, 0.2) is 0 Å². The Kier molecular flexibility index (Phi) is 10.9. The van der Waals surface area contributed by atoms with Crippen LogP contribution in [0.4, 0.5) is 0 Å². The zero-order chi connectivity index (χ0) is 16.9. The van der Waals surface area contributed by atoms with E-state index in [-0.39, 0.29) is 11.8 Å². The smallest absolute Gasteiger partial charge is 0.120 e. The monoisotopic (exact) mass is 323 g/mol. The Morgan fingerprint density at radius 2 is 2.09 bits per heavy atom. The molecule has 0 saturated heterocycles. The van der Waals surface area contributed by atoms with E-state index in [4.69, 9.17) is 9.47 Å². The van der Waals surface area contributed by atoms with Gasteiger partial charge in [0.2, 0.25) is 0 Å². The first-order valence-electron chi connectivity index (χ1n) is 8.78.